The predicted molar refractivity (Wildman–Crippen MR) is 101 cm³/mol. The van der Waals surface area contributed by atoms with Gasteiger partial charge in [0.05, 0.1) is 6.61 Å². The second-order valence-electron chi connectivity index (χ2n) is 5.92. The van der Waals surface area contributed by atoms with Crippen molar-refractivity contribution in [3.05, 3.63) is 59.7 Å². The summed E-state index contributed by atoms with van der Waals surface area (Å²) < 4.78 is 5.65. The van der Waals surface area contributed by atoms with E-state index < -0.39 is 18.4 Å². The molecule has 2 aromatic carbocycles. The number of nitrogens with one attached hydrogen (secondary N) is 2. The summed E-state index contributed by atoms with van der Waals surface area (Å²) in [6.45, 7) is 1.97. The molecule has 0 bridgehead atoms. The van der Waals surface area contributed by atoms with Crippen LogP contribution in [0.2, 0.25) is 0 Å². The Morgan fingerprint density at radius 2 is 1.74 bits per heavy atom. The molecule has 142 valence electrons. The number of hydrogen-bond acceptors (Lipinski definition) is 4. The van der Waals surface area contributed by atoms with E-state index in [1.54, 1.807) is 12.1 Å². The summed E-state index contributed by atoms with van der Waals surface area (Å²) in [6.07, 6.45) is 0.891. The number of hydrogen-bond donors (Lipinski definition) is 3. The molecular weight excluding hydrogens is 348 g/mol. The predicted octanol–water partition coefficient (Wildman–Crippen LogP) is 2.61. The second-order valence-corrected chi connectivity index (χ2v) is 5.92. The summed E-state index contributed by atoms with van der Waals surface area (Å²) in [6, 6.07) is 13.9. The van der Waals surface area contributed by atoms with Crippen LogP contribution in [0.15, 0.2) is 48.5 Å². The minimum absolute atomic E-state index is 0.147. The third-order valence-corrected chi connectivity index (χ3v) is 3.73. The lowest BCUT2D eigenvalue weighted by molar-refractivity contribution is -0.135. The van der Waals surface area contributed by atoms with Crippen LogP contribution in [0.1, 0.15) is 28.8 Å². The fraction of sp³-hybridized carbons (Fsp3) is 0.250. The summed E-state index contributed by atoms with van der Waals surface area (Å²) in [7, 11) is 0. The molecule has 0 heterocycles. The monoisotopic (exact) mass is 370 g/mol. The summed E-state index contributed by atoms with van der Waals surface area (Å²) in [4.78, 5) is 34.1. The smallest absolute Gasteiger partial charge is 0.322 e. The van der Waals surface area contributed by atoms with Gasteiger partial charge < -0.3 is 20.5 Å². The first-order valence-electron chi connectivity index (χ1n) is 8.54. The number of anilines is 1. The molecule has 0 aromatic heterocycles. The average Bonchev–Trinajstić information content (AvgIpc) is 2.65. The van der Waals surface area contributed by atoms with Crippen LogP contribution in [-0.4, -0.2) is 36.0 Å². The van der Waals surface area contributed by atoms with Crippen LogP contribution in [0.5, 0.6) is 5.75 Å². The van der Waals surface area contributed by atoms with Gasteiger partial charge in [-0.3, -0.25) is 14.4 Å². The Morgan fingerprint density at radius 3 is 2.41 bits per heavy atom. The molecule has 2 rings (SSSR count). The molecule has 0 spiro atoms. The molecule has 0 aliphatic rings. The number of carboxylic acids is 1. The van der Waals surface area contributed by atoms with E-state index in [1.165, 1.54) is 12.1 Å². The number of carbonyl (C=O) groups is 3. The molecule has 2 aromatic rings. The highest BCUT2D eigenvalue weighted by molar-refractivity contribution is 5.97. The summed E-state index contributed by atoms with van der Waals surface area (Å²) in [5.41, 5.74) is 1.94. The molecule has 3 N–H and O–H groups in total. The van der Waals surface area contributed by atoms with Crippen LogP contribution in [0.3, 0.4) is 0 Å². The molecule has 0 unspecified atom stereocenters. The first kappa shape index (κ1) is 20.0. The Hall–Kier alpha value is -3.35. The molecule has 0 fully saturated rings. The maximum atomic E-state index is 12.0. The van der Waals surface area contributed by atoms with Crippen LogP contribution in [0, 0.1) is 6.92 Å². The topological polar surface area (TPSA) is 105 Å². The Kier molecular flexibility index (Phi) is 7.37. The highest BCUT2D eigenvalue weighted by Gasteiger charge is 2.08. The summed E-state index contributed by atoms with van der Waals surface area (Å²) >= 11 is 0. The Labute approximate surface area is 157 Å². The van der Waals surface area contributed by atoms with Crippen molar-refractivity contribution in [3.8, 4) is 5.75 Å². The van der Waals surface area contributed by atoms with Gasteiger partial charge in [0.1, 0.15) is 12.3 Å². The average molecular weight is 370 g/mol. The van der Waals surface area contributed by atoms with Crippen molar-refractivity contribution in [1.29, 1.82) is 0 Å². The summed E-state index contributed by atoms with van der Waals surface area (Å²) in [5.74, 6) is -0.927. The van der Waals surface area contributed by atoms with Gasteiger partial charge in [-0.2, -0.15) is 0 Å². The van der Waals surface area contributed by atoms with E-state index in [1.807, 2.05) is 31.2 Å². The number of aryl methyl sites for hydroxylation is 1. The number of carboxylic acid groups (broad SMARTS) is 1. The molecule has 0 saturated carbocycles. The van der Waals surface area contributed by atoms with E-state index in [0.717, 1.165) is 11.3 Å². The minimum atomic E-state index is -1.11. The van der Waals surface area contributed by atoms with Crippen molar-refractivity contribution < 1.29 is 24.2 Å². The molecular formula is C20H22N2O5. The number of benzene rings is 2. The quantitative estimate of drug-likeness (QED) is 0.589. The lowest BCUT2D eigenvalue weighted by Crippen LogP contribution is -2.29. The Balaban J connectivity index is 1.73. The third-order valence-electron chi connectivity index (χ3n) is 3.73. The fourth-order valence-corrected chi connectivity index (χ4v) is 2.32. The largest absolute Gasteiger partial charge is 0.493 e. The van der Waals surface area contributed by atoms with Crippen LogP contribution in [0.4, 0.5) is 5.69 Å². The molecule has 27 heavy (non-hydrogen) atoms. The molecule has 0 atom stereocenters. The van der Waals surface area contributed by atoms with Gasteiger partial charge in [-0.05, 0) is 49.2 Å². The van der Waals surface area contributed by atoms with E-state index in [0.29, 0.717) is 30.7 Å². The number of para-hydroxylation sites is 1. The van der Waals surface area contributed by atoms with Crippen LogP contribution in [0.25, 0.3) is 0 Å². The number of amides is 2. The highest BCUT2D eigenvalue weighted by Crippen LogP contribution is 2.16. The van der Waals surface area contributed by atoms with Gasteiger partial charge in [0.2, 0.25) is 5.91 Å². The van der Waals surface area contributed by atoms with Gasteiger partial charge in [-0.15, -0.1) is 0 Å². The van der Waals surface area contributed by atoms with E-state index >= 15 is 0 Å². The van der Waals surface area contributed by atoms with E-state index in [4.69, 9.17) is 9.84 Å². The minimum Gasteiger partial charge on any atom is -0.493 e. The Bertz CT molecular complexity index is 802. The Morgan fingerprint density at radius 1 is 1.04 bits per heavy atom. The van der Waals surface area contributed by atoms with Gasteiger partial charge in [0, 0.05) is 17.7 Å². The first-order chi connectivity index (χ1) is 13.0. The number of ether oxygens (including phenoxy) is 1. The summed E-state index contributed by atoms with van der Waals surface area (Å²) in [5, 5.41) is 13.6. The standard InChI is InChI=1S/C20H22N2O5/c1-14-5-2-3-6-17(14)27-12-4-7-18(23)22-16-10-8-15(9-11-16)20(26)21-13-19(24)25/h2-3,5-6,8-11H,4,7,12-13H2,1H3,(H,21,26)(H,22,23)(H,24,25). The SMILES string of the molecule is Cc1ccccc1OCCCC(=O)Nc1ccc(C(=O)NCC(=O)O)cc1. The highest BCUT2D eigenvalue weighted by atomic mass is 16.5. The molecule has 0 aliphatic heterocycles. The van der Waals surface area contributed by atoms with Gasteiger partial charge in [0.15, 0.2) is 0 Å². The van der Waals surface area contributed by atoms with Crippen LogP contribution >= 0.6 is 0 Å². The zero-order valence-corrected chi connectivity index (χ0v) is 15.0. The third kappa shape index (κ3) is 6.81. The molecule has 0 aliphatic carbocycles. The van der Waals surface area contributed by atoms with Crippen LogP contribution in [-0.2, 0) is 9.59 Å². The lowest BCUT2D eigenvalue weighted by atomic mass is 10.2. The second kappa shape index (κ2) is 9.96. The van der Waals surface area contributed by atoms with E-state index in [9.17, 15) is 14.4 Å². The molecule has 7 nitrogen and oxygen atoms in total. The maximum Gasteiger partial charge on any atom is 0.322 e. The fourth-order valence-electron chi connectivity index (χ4n) is 2.32. The van der Waals surface area contributed by atoms with Crippen molar-refractivity contribution in [1.82, 2.24) is 5.32 Å². The van der Waals surface area contributed by atoms with Gasteiger partial charge in [0.25, 0.3) is 5.91 Å². The molecule has 2 amide bonds. The van der Waals surface area contributed by atoms with Crippen molar-refractivity contribution in [2.24, 2.45) is 0 Å². The van der Waals surface area contributed by atoms with Crippen molar-refractivity contribution in [3.63, 3.8) is 0 Å². The van der Waals surface area contributed by atoms with Crippen molar-refractivity contribution in [2.75, 3.05) is 18.5 Å². The van der Waals surface area contributed by atoms with Gasteiger partial charge in [-0.25, -0.2) is 0 Å². The lowest BCUT2D eigenvalue weighted by Gasteiger charge is -2.09. The van der Waals surface area contributed by atoms with Gasteiger partial charge >= 0.3 is 5.97 Å². The molecule has 0 saturated heterocycles. The van der Waals surface area contributed by atoms with E-state index in [2.05, 4.69) is 10.6 Å². The van der Waals surface area contributed by atoms with Gasteiger partial charge in [-0.1, -0.05) is 18.2 Å². The zero-order valence-electron chi connectivity index (χ0n) is 15.0. The van der Waals surface area contributed by atoms with E-state index in [-0.39, 0.29) is 5.91 Å². The first-order valence-corrected chi connectivity index (χ1v) is 8.54. The zero-order chi connectivity index (χ0) is 19.6. The maximum absolute atomic E-state index is 12.0. The number of rotatable bonds is 9. The normalized spacial score (nSPS) is 10.1. The van der Waals surface area contributed by atoms with Crippen molar-refractivity contribution in [2.45, 2.75) is 19.8 Å². The molecule has 0 radical (unpaired) electrons. The van der Waals surface area contributed by atoms with Crippen LogP contribution < -0.4 is 15.4 Å². The molecule has 7 heteroatoms. The number of carbonyl (C=O) groups excluding carboxylic acids is 2. The van der Waals surface area contributed by atoms with Crippen molar-refractivity contribution >= 4 is 23.5 Å². The number of aliphatic carboxylic acids is 1.